The number of fused-ring (bicyclic) bond motifs is 1. The number of methoxy groups -OCH3 is 1. The molecule has 1 heterocycles. The number of hydrogen-bond donors (Lipinski definition) is 1. The number of aliphatic hydroxyl groups excluding tert-OH is 1. The maximum Gasteiger partial charge on any atom is 0.0887 e. The largest absolute Gasteiger partial charge is 0.390 e. The predicted octanol–water partition coefficient (Wildman–Crippen LogP) is 2.29. The van der Waals surface area contributed by atoms with Gasteiger partial charge in [-0.25, -0.2) is 0 Å². The number of nitrogens with zero attached hydrogens (tertiary/aromatic N) is 1. The van der Waals surface area contributed by atoms with Crippen LogP contribution >= 0.6 is 0 Å². The molecule has 3 nitrogen and oxygen atoms in total. The summed E-state index contributed by atoms with van der Waals surface area (Å²) in [4.78, 5) is 4.50. The Morgan fingerprint density at radius 1 is 1.39 bits per heavy atom. The lowest BCUT2D eigenvalue weighted by atomic mass is 9.80. The van der Waals surface area contributed by atoms with Crippen molar-refractivity contribution in [3.63, 3.8) is 0 Å². The summed E-state index contributed by atoms with van der Waals surface area (Å²) >= 11 is 0. The van der Waals surface area contributed by atoms with Crippen LogP contribution in [0.15, 0.2) is 18.3 Å². The minimum atomic E-state index is -0.406. The van der Waals surface area contributed by atoms with Crippen LogP contribution in [-0.4, -0.2) is 29.4 Å². The van der Waals surface area contributed by atoms with Crippen molar-refractivity contribution in [1.29, 1.82) is 0 Å². The van der Waals surface area contributed by atoms with Gasteiger partial charge in [0.25, 0.3) is 0 Å². The number of pyridine rings is 1. The second-order valence-corrected chi connectivity index (χ2v) is 5.57. The number of ether oxygens (including phenoxy) is 1. The molecular weight excluding hydrogens is 226 g/mol. The zero-order valence-corrected chi connectivity index (χ0v) is 10.9. The molecule has 1 aromatic rings. The highest BCUT2D eigenvalue weighted by atomic mass is 16.5. The Balaban J connectivity index is 1.84. The monoisotopic (exact) mass is 247 g/mol. The lowest BCUT2D eigenvalue weighted by Crippen LogP contribution is -2.37. The smallest absolute Gasteiger partial charge is 0.0887 e. The molecule has 1 saturated carbocycles. The van der Waals surface area contributed by atoms with Crippen molar-refractivity contribution in [3.8, 4) is 0 Å². The van der Waals surface area contributed by atoms with Crippen LogP contribution in [0.2, 0.25) is 0 Å². The van der Waals surface area contributed by atoms with Gasteiger partial charge in [-0.1, -0.05) is 6.07 Å². The summed E-state index contributed by atoms with van der Waals surface area (Å²) in [6.07, 6.45) is 7.06. The summed E-state index contributed by atoms with van der Waals surface area (Å²) in [7, 11) is 1.72. The maximum atomic E-state index is 10.6. The quantitative estimate of drug-likeness (QED) is 0.887. The van der Waals surface area contributed by atoms with Crippen molar-refractivity contribution in [1.82, 2.24) is 4.98 Å². The van der Waals surface area contributed by atoms with Crippen molar-refractivity contribution >= 4 is 0 Å². The van der Waals surface area contributed by atoms with E-state index in [4.69, 9.17) is 4.74 Å². The molecule has 3 unspecified atom stereocenters. The highest BCUT2D eigenvalue weighted by molar-refractivity contribution is 5.27. The van der Waals surface area contributed by atoms with Gasteiger partial charge in [0.15, 0.2) is 0 Å². The third-order valence-electron chi connectivity index (χ3n) is 4.35. The van der Waals surface area contributed by atoms with E-state index in [2.05, 4.69) is 11.1 Å². The highest BCUT2D eigenvalue weighted by Crippen LogP contribution is 2.41. The summed E-state index contributed by atoms with van der Waals surface area (Å²) in [6.45, 7) is 0. The van der Waals surface area contributed by atoms with Gasteiger partial charge in [-0.15, -0.1) is 0 Å². The summed E-state index contributed by atoms with van der Waals surface area (Å²) in [5.41, 5.74) is 2.40. The molecule has 0 bridgehead atoms. The van der Waals surface area contributed by atoms with E-state index in [9.17, 15) is 5.11 Å². The van der Waals surface area contributed by atoms with Gasteiger partial charge in [-0.3, -0.25) is 4.98 Å². The number of rotatable bonds is 4. The third kappa shape index (κ3) is 2.17. The fraction of sp³-hybridized carbons (Fsp3) is 0.667. The lowest BCUT2D eigenvalue weighted by molar-refractivity contribution is -0.0402. The van der Waals surface area contributed by atoms with Crippen LogP contribution in [0, 0.1) is 5.92 Å². The van der Waals surface area contributed by atoms with Gasteiger partial charge in [0.1, 0.15) is 0 Å². The van der Waals surface area contributed by atoms with Crippen molar-refractivity contribution in [2.24, 2.45) is 5.92 Å². The van der Waals surface area contributed by atoms with Gasteiger partial charge in [0.05, 0.1) is 12.2 Å². The molecule has 2 aliphatic rings. The summed E-state index contributed by atoms with van der Waals surface area (Å²) in [5, 5.41) is 10.6. The van der Waals surface area contributed by atoms with E-state index in [1.54, 1.807) is 7.11 Å². The average Bonchev–Trinajstić information content (AvgIpc) is 3.23. The van der Waals surface area contributed by atoms with Crippen molar-refractivity contribution in [3.05, 3.63) is 29.6 Å². The summed E-state index contributed by atoms with van der Waals surface area (Å²) in [6, 6.07) is 4.13. The van der Waals surface area contributed by atoms with Gasteiger partial charge in [0.2, 0.25) is 0 Å². The minimum absolute atomic E-state index is 0.0112. The van der Waals surface area contributed by atoms with Crippen LogP contribution < -0.4 is 0 Å². The molecule has 3 atom stereocenters. The molecule has 0 radical (unpaired) electrons. The molecule has 0 amide bonds. The first-order valence-corrected chi connectivity index (χ1v) is 6.96. The van der Waals surface area contributed by atoms with Crippen molar-refractivity contribution in [2.75, 3.05) is 7.11 Å². The van der Waals surface area contributed by atoms with Gasteiger partial charge < -0.3 is 9.84 Å². The van der Waals surface area contributed by atoms with Crippen LogP contribution in [0.1, 0.15) is 42.9 Å². The number of aryl methyl sites for hydroxylation is 1. The Bertz CT molecular complexity index is 417. The van der Waals surface area contributed by atoms with E-state index in [0.29, 0.717) is 5.92 Å². The lowest BCUT2D eigenvalue weighted by Gasteiger charge is -2.32. The van der Waals surface area contributed by atoms with Crippen LogP contribution in [0.4, 0.5) is 0 Å². The van der Waals surface area contributed by atoms with E-state index >= 15 is 0 Å². The zero-order chi connectivity index (χ0) is 12.5. The topological polar surface area (TPSA) is 42.4 Å². The van der Waals surface area contributed by atoms with E-state index in [1.165, 1.54) is 18.4 Å². The van der Waals surface area contributed by atoms with Crippen LogP contribution in [0.3, 0.4) is 0 Å². The molecule has 3 heteroatoms. The molecule has 0 spiro atoms. The van der Waals surface area contributed by atoms with Crippen molar-refractivity contribution in [2.45, 2.75) is 50.2 Å². The van der Waals surface area contributed by atoms with E-state index in [-0.39, 0.29) is 12.0 Å². The Kier molecular flexibility index (Phi) is 3.35. The molecular formula is C15H21NO2. The minimum Gasteiger partial charge on any atom is -0.390 e. The third-order valence-corrected chi connectivity index (χ3v) is 4.35. The Morgan fingerprint density at radius 2 is 2.22 bits per heavy atom. The molecule has 18 heavy (non-hydrogen) atoms. The van der Waals surface area contributed by atoms with Crippen LogP contribution in [0.25, 0.3) is 0 Å². The Hall–Kier alpha value is -0.930. The first kappa shape index (κ1) is 12.1. The fourth-order valence-corrected chi connectivity index (χ4v) is 3.24. The van der Waals surface area contributed by atoms with Gasteiger partial charge in [0, 0.05) is 24.9 Å². The predicted molar refractivity (Wildman–Crippen MR) is 69.4 cm³/mol. The number of hydrogen-bond acceptors (Lipinski definition) is 3. The van der Waals surface area contributed by atoms with E-state index in [0.717, 1.165) is 25.0 Å². The first-order chi connectivity index (χ1) is 8.81. The summed E-state index contributed by atoms with van der Waals surface area (Å²) in [5.74, 6) is 0.708. The second kappa shape index (κ2) is 4.98. The van der Waals surface area contributed by atoms with Gasteiger partial charge in [-0.05, 0) is 49.7 Å². The van der Waals surface area contributed by atoms with Crippen LogP contribution in [0.5, 0.6) is 0 Å². The highest BCUT2D eigenvalue weighted by Gasteiger charge is 2.41. The zero-order valence-electron chi connectivity index (χ0n) is 10.9. The SMILES string of the molecule is COC(C1CC1)C(O)C1CCCc2cccnc21. The normalized spacial score (nSPS) is 26.4. The first-order valence-electron chi connectivity index (χ1n) is 6.96. The number of aliphatic hydroxyl groups is 1. The average molecular weight is 247 g/mol. The molecule has 3 rings (SSSR count). The second-order valence-electron chi connectivity index (χ2n) is 5.57. The maximum absolute atomic E-state index is 10.6. The number of aromatic nitrogens is 1. The molecule has 1 aromatic heterocycles. The molecule has 1 fully saturated rings. The molecule has 0 aliphatic heterocycles. The van der Waals surface area contributed by atoms with E-state index < -0.39 is 6.10 Å². The molecule has 2 aliphatic carbocycles. The molecule has 98 valence electrons. The Labute approximate surface area is 108 Å². The Morgan fingerprint density at radius 3 is 2.94 bits per heavy atom. The van der Waals surface area contributed by atoms with Crippen molar-refractivity contribution < 1.29 is 9.84 Å². The molecule has 0 aromatic carbocycles. The fourth-order valence-electron chi connectivity index (χ4n) is 3.24. The van der Waals surface area contributed by atoms with Gasteiger partial charge >= 0.3 is 0 Å². The summed E-state index contributed by atoms with van der Waals surface area (Å²) < 4.78 is 5.53. The van der Waals surface area contributed by atoms with E-state index in [1.807, 2.05) is 12.3 Å². The molecule has 0 saturated heterocycles. The van der Waals surface area contributed by atoms with Crippen LogP contribution in [-0.2, 0) is 11.2 Å². The van der Waals surface area contributed by atoms with Gasteiger partial charge in [-0.2, -0.15) is 0 Å². The molecule has 1 N–H and O–H groups in total. The standard InChI is InChI=1S/C15H21NO2/c1-18-15(11-7-8-11)14(17)12-6-2-4-10-5-3-9-16-13(10)12/h3,5,9,11-12,14-15,17H,2,4,6-8H2,1H3.